The second kappa shape index (κ2) is 9.12. The molecular formula is C21H25Cl2FN2O2. The van der Waals surface area contributed by atoms with Crippen molar-refractivity contribution in [1.82, 2.24) is 4.90 Å². The first kappa shape index (κ1) is 22.5. The highest BCUT2D eigenvalue weighted by Crippen LogP contribution is 2.33. The van der Waals surface area contributed by atoms with Crippen molar-refractivity contribution in [2.24, 2.45) is 11.1 Å². The van der Waals surface area contributed by atoms with Gasteiger partial charge < -0.3 is 15.4 Å². The van der Waals surface area contributed by atoms with Gasteiger partial charge in [-0.2, -0.15) is 0 Å². The number of likely N-dealkylation sites (tertiary alicyclic amines) is 1. The van der Waals surface area contributed by atoms with Crippen LogP contribution in [-0.2, 0) is 4.79 Å². The summed E-state index contributed by atoms with van der Waals surface area (Å²) in [4.78, 5) is 15.1. The number of rotatable bonds is 4. The first-order chi connectivity index (χ1) is 12.8. The summed E-state index contributed by atoms with van der Waals surface area (Å²) in [5.74, 6) is -0.337. The van der Waals surface area contributed by atoms with Gasteiger partial charge in [0.1, 0.15) is 11.6 Å². The minimum Gasteiger partial charge on any atom is -0.474 e. The molecule has 0 aliphatic carbocycles. The summed E-state index contributed by atoms with van der Waals surface area (Å²) in [6.07, 6.45) is -0.128. The second-order valence-electron chi connectivity index (χ2n) is 7.63. The third kappa shape index (κ3) is 4.96. The number of benzene rings is 2. The molecule has 1 aliphatic rings. The standard InChI is InChI=1S/C21H24ClFN2O2.ClH/c1-21(2)13-25(11-10-18(21)24)20(26)19(14-6-4-3-5-7-14)27-17-9-8-15(23)12-16(17)22;/h3-9,12,18-19H,10-11,13,24H2,1-2H3;1H. The Hall–Kier alpha value is -1.82. The number of ether oxygens (including phenoxy) is 1. The second-order valence-corrected chi connectivity index (χ2v) is 8.03. The van der Waals surface area contributed by atoms with E-state index in [0.29, 0.717) is 13.1 Å². The van der Waals surface area contributed by atoms with Gasteiger partial charge in [-0.05, 0) is 30.0 Å². The Morgan fingerprint density at radius 2 is 1.96 bits per heavy atom. The summed E-state index contributed by atoms with van der Waals surface area (Å²) >= 11 is 6.11. The van der Waals surface area contributed by atoms with Crippen LogP contribution >= 0.6 is 24.0 Å². The number of hydrogen-bond donors (Lipinski definition) is 1. The third-order valence-electron chi connectivity index (χ3n) is 5.09. The number of amides is 1. The van der Waals surface area contributed by atoms with E-state index in [9.17, 15) is 9.18 Å². The highest BCUT2D eigenvalue weighted by molar-refractivity contribution is 6.32. The molecule has 2 N–H and O–H groups in total. The van der Waals surface area contributed by atoms with E-state index in [-0.39, 0.29) is 40.5 Å². The molecule has 152 valence electrons. The Bertz CT molecular complexity index is 817. The molecule has 0 bridgehead atoms. The van der Waals surface area contributed by atoms with E-state index < -0.39 is 11.9 Å². The Balaban J connectivity index is 0.00000280. The van der Waals surface area contributed by atoms with Gasteiger partial charge >= 0.3 is 0 Å². The van der Waals surface area contributed by atoms with Crippen LogP contribution in [0.15, 0.2) is 48.5 Å². The largest absolute Gasteiger partial charge is 0.474 e. The van der Waals surface area contributed by atoms with Crippen LogP contribution in [0.1, 0.15) is 31.9 Å². The maximum absolute atomic E-state index is 13.4. The normalized spacial score (nSPS) is 19.5. The van der Waals surface area contributed by atoms with E-state index in [2.05, 4.69) is 13.8 Å². The highest BCUT2D eigenvalue weighted by Gasteiger charge is 2.38. The van der Waals surface area contributed by atoms with Crippen molar-refractivity contribution in [2.45, 2.75) is 32.4 Å². The summed E-state index contributed by atoms with van der Waals surface area (Å²) in [5, 5.41) is 0.129. The lowest BCUT2D eigenvalue weighted by Gasteiger charge is -2.43. The molecule has 0 saturated carbocycles. The zero-order chi connectivity index (χ0) is 19.6. The summed E-state index contributed by atoms with van der Waals surface area (Å²) < 4.78 is 19.3. The number of halogens is 3. The van der Waals surface area contributed by atoms with Crippen LogP contribution in [0.25, 0.3) is 0 Å². The first-order valence-corrected chi connectivity index (χ1v) is 9.37. The SMILES string of the molecule is CC1(C)CN(C(=O)C(Oc2ccc(F)cc2Cl)c2ccccc2)CCC1N.Cl. The predicted molar refractivity (Wildman–Crippen MR) is 111 cm³/mol. The molecule has 0 spiro atoms. The van der Waals surface area contributed by atoms with E-state index in [1.54, 1.807) is 4.90 Å². The van der Waals surface area contributed by atoms with Crippen molar-refractivity contribution >= 4 is 29.9 Å². The number of hydrogen-bond acceptors (Lipinski definition) is 3. The number of nitrogens with two attached hydrogens (primary N) is 1. The van der Waals surface area contributed by atoms with E-state index >= 15 is 0 Å². The fourth-order valence-corrected chi connectivity index (χ4v) is 3.53. The van der Waals surface area contributed by atoms with Crippen LogP contribution in [0.3, 0.4) is 0 Å². The summed E-state index contributed by atoms with van der Waals surface area (Å²) in [7, 11) is 0. The van der Waals surface area contributed by atoms with Gasteiger partial charge in [0.25, 0.3) is 5.91 Å². The Morgan fingerprint density at radius 1 is 1.29 bits per heavy atom. The molecule has 2 aromatic carbocycles. The maximum Gasteiger partial charge on any atom is 0.268 e. The molecule has 1 saturated heterocycles. The minimum atomic E-state index is -0.862. The molecule has 4 nitrogen and oxygen atoms in total. The van der Waals surface area contributed by atoms with E-state index in [0.717, 1.165) is 12.0 Å². The van der Waals surface area contributed by atoms with Crippen LogP contribution in [0, 0.1) is 11.2 Å². The van der Waals surface area contributed by atoms with E-state index in [1.165, 1.54) is 18.2 Å². The summed E-state index contributed by atoms with van der Waals surface area (Å²) in [6.45, 7) is 5.25. The number of piperidine rings is 1. The maximum atomic E-state index is 13.4. The van der Waals surface area contributed by atoms with Crippen molar-refractivity contribution in [3.05, 3.63) is 64.9 Å². The van der Waals surface area contributed by atoms with Gasteiger partial charge in [-0.3, -0.25) is 4.79 Å². The lowest BCUT2D eigenvalue weighted by Crippen LogP contribution is -2.55. The monoisotopic (exact) mass is 426 g/mol. The van der Waals surface area contributed by atoms with Gasteiger partial charge in [0.2, 0.25) is 6.10 Å². The molecular weight excluding hydrogens is 402 g/mol. The molecule has 2 aromatic rings. The fourth-order valence-electron chi connectivity index (χ4n) is 3.31. The molecule has 2 unspecified atom stereocenters. The first-order valence-electron chi connectivity index (χ1n) is 8.99. The summed E-state index contributed by atoms with van der Waals surface area (Å²) in [6, 6.07) is 13.2. The lowest BCUT2D eigenvalue weighted by molar-refractivity contribution is -0.142. The van der Waals surface area contributed by atoms with Gasteiger partial charge in [0, 0.05) is 24.7 Å². The van der Waals surface area contributed by atoms with Crippen molar-refractivity contribution in [3.63, 3.8) is 0 Å². The number of carbonyl (C=O) groups is 1. The van der Waals surface area contributed by atoms with Gasteiger partial charge in [0.05, 0.1) is 5.02 Å². The van der Waals surface area contributed by atoms with Crippen LogP contribution < -0.4 is 10.5 Å². The quantitative estimate of drug-likeness (QED) is 0.776. The van der Waals surface area contributed by atoms with E-state index in [1.807, 2.05) is 30.3 Å². The molecule has 1 heterocycles. The van der Waals surface area contributed by atoms with Crippen LogP contribution in [0.5, 0.6) is 5.75 Å². The van der Waals surface area contributed by atoms with Gasteiger partial charge in [-0.1, -0.05) is 55.8 Å². The Labute approximate surface area is 176 Å². The zero-order valence-corrected chi connectivity index (χ0v) is 17.5. The molecule has 1 aliphatic heterocycles. The molecule has 2 atom stereocenters. The number of nitrogens with zero attached hydrogens (tertiary/aromatic N) is 1. The van der Waals surface area contributed by atoms with Gasteiger partial charge in [0.15, 0.2) is 0 Å². The zero-order valence-electron chi connectivity index (χ0n) is 15.9. The smallest absolute Gasteiger partial charge is 0.268 e. The topological polar surface area (TPSA) is 55.6 Å². The third-order valence-corrected chi connectivity index (χ3v) is 5.38. The molecule has 0 aromatic heterocycles. The fraction of sp³-hybridized carbons (Fsp3) is 0.381. The molecule has 7 heteroatoms. The van der Waals surface area contributed by atoms with Crippen LogP contribution in [-0.4, -0.2) is 29.9 Å². The van der Waals surface area contributed by atoms with Gasteiger partial charge in [-0.15, -0.1) is 12.4 Å². The van der Waals surface area contributed by atoms with Crippen molar-refractivity contribution in [1.29, 1.82) is 0 Å². The highest BCUT2D eigenvalue weighted by atomic mass is 35.5. The average molecular weight is 427 g/mol. The lowest BCUT2D eigenvalue weighted by atomic mass is 9.79. The molecule has 28 heavy (non-hydrogen) atoms. The molecule has 0 radical (unpaired) electrons. The minimum absolute atomic E-state index is 0. The summed E-state index contributed by atoms with van der Waals surface area (Å²) in [5.41, 5.74) is 6.74. The van der Waals surface area contributed by atoms with E-state index in [4.69, 9.17) is 22.1 Å². The molecule has 1 amide bonds. The Morgan fingerprint density at radius 3 is 2.57 bits per heavy atom. The molecule has 1 fully saturated rings. The average Bonchev–Trinajstić information content (AvgIpc) is 2.63. The predicted octanol–water partition coefficient (Wildman–Crippen LogP) is 4.61. The number of carbonyl (C=O) groups excluding carboxylic acids is 1. The Kier molecular flexibility index (Phi) is 7.32. The van der Waals surface area contributed by atoms with Crippen LogP contribution in [0.4, 0.5) is 4.39 Å². The molecule has 3 rings (SSSR count). The van der Waals surface area contributed by atoms with Crippen molar-refractivity contribution in [3.8, 4) is 5.75 Å². The van der Waals surface area contributed by atoms with Crippen LogP contribution in [0.2, 0.25) is 5.02 Å². The van der Waals surface area contributed by atoms with Crippen molar-refractivity contribution in [2.75, 3.05) is 13.1 Å². The van der Waals surface area contributed by atoms with Gasteiger partial charge in [-0.25, -0.2) is 4.39 Å². The van der Waals surface area contributed by atoms with Crippen molar-refractivity contribution < 1.29 is 13.9 Å².